The fraction of sp³-hybridized carbons (Fsp3) is 0. The molecule has 0 unspecified atom stereocenters. The van der Waals surface area contributed by atoms with Gasteiger partial charge in [0.15, 0.2) is 0 Å². The van der Waals surface area contributed by atoms with E-state index in [1.807, 2.05) is 0 Å². The van der Waals surface area contributed by atoms with Crippen LogP contribution >= 0.6 is 0 Å². The van der Waals surface area contributed by atoms with Crippen molar-refractivity contribution in [2.24, 2.45) is 0 Å². The van der Waals surface area contributed by atoms with Gasteiger partial charge in [0.25, 0.3) is 0 Å². The molecule has 1 rings (SSSR count). The normalized spacial score (nSPS) is 9.65. The molecular formula is C11H8O6. The van der Waals surface area contributed by atoms with Gasteiger partial charge in [-0.05, 0) is 17.7 Å². The molecule has 0 fully saturated rings. The number of carboxylic acid groups (broad SMARTS) is 3. The Balaban J connectivity index is 3.69. The van der Waals surface area contributed by atoms with Crippen molar-refractivity contribution in [2.45, 2.75) is 0 Å². The van der Waals surface area contributed by atoms with Crippen molar-refractivity contribution >= 4 is 24.0 Å². The van der Waals surface area contributed by atoms with Gasteiger partial charge in [-0.25, -0.2) is 14.4 Å². The molecule has 6 heteroatoms. The van der Waals surface area contributed by atoms with Crippen molar-refractivity contribution < 1.29 is 29.7 Å². The molecule has 6 nitrogen and oxygen atoms in total. The first-order valence-electron chi connectivity index (χ1n) is 4.38. The number of hydrogen-bond acceptors (Lipinski definition) is 3. The second kappa shape index (κ2) is 4.48. The van der Waals surface area contributed by atoms with Crippen molar-refractivity contribution in [1.29, 1.82) is 0 Å². The molecule has 0 saturated heterocycles. The Labute approximate surface area is 95.4 Å². The Morgan fingerprint density at radius 3 is 1.94 bits per heavy atom. The summed E-state index contributed by atoms with van der Waals surface area (Å²) in [7, 11) is 0. The topological polar surface area (TPSA) is 112 Å². The van der Waals surface area contributed by atoms with E-state index in [-0.39, 0.29) is 11.1 Å². The lowest BCUT2D eigenvalue weighted by atomic mass is 9.97. The lowest BCUT2D eigenvalue weighted by Crippen LogP contribution is -2.12. The highest BCUT2D eigenvalue weighted by atomic mass is 16.4. The molecule has 0 aliphatic heterocycles. The molecule has 0 atom stereocenters. The summed E-state index contributed by atoms with van der Waals surface area (Å²) < 4.78 is 0. The maximum atomic E-state index is 10.9. The lowest BCUT2D eigenvalue weighted by Gasteiger charge is -2.07. The number of rotatable bonds is 4. The van der Waals surface area contributed by atoms with Crippen LogP contribution in [0.5, 0.6) is 0 Å². The fourth-order valence-electron chi connectivity index (χ4n) is 1.36. The number of carboxylic acids is 3. The van der Waals surface area contributed by atoms with Gasteiger partial charge in [-0.2, -0.15) is 0 Å². The van der Waals surface area contributed by atoms with E-state index >= 15 is 0 Å². The Bertz CT molecular complexity index is 529. The summed E-state index contributed by atoms with van der Waals surface area (Å²) in [6.07, 6.45) is 1.10. The van der Waals surface area contributed by atoms with Crippen LogP contribution in [0.2, 0.25) is 0 Å². The van der Waals surface area contributed by atoms with Gasteiger partial charge in [0.2, 0.25) is 0 Å². The molecule has 0 saturated carbocycles. The number of aromatic carboxylic acids is 3. The summed E-state index contributed by atoms with van der Waals surface area (Å²) in [6.45, 7) is 3.33. The van der Waals surface area contributed by atoms with E-state index in [0.29, 0.717) is 0 Å². The van der Waals surface area contributed by atoms with Crippen LogP contribution in [-0.2, 0) is 0 Å². The molecule has 0 amide bonds. The van der Waals surface area contributed by atoms with Gasteiger partial charge >= 0.3 is 17.9 Å². The third-order valence-corrected chi connectivity index (χ3v) is 2.08. The standard InChI is InChI=1S/C11H8O6/c1-2-5-3-6(9(12)13)4-7(10(14)15)8(5)11(16)17/h2-4H,1H2,(H,12,13)(H,14,15)(H,16,17). The van der Waals surface area contributed by atoms with E-state index in [4.69, 9.17) is 15.3 Å². The van der Waals surface area contributed by atoms with Crippen molar-refractivity contribution in [1.82, 2.24) is 0 Å². The van der Waals surface area contributed by atoms with Crippen molar-refractivity contribution in [2.75, 3.05) is 0 Å². The van der Waals surface area contributed by atoms with Crippen LogP contribution in [0.4, 0.5) is 0 Å². The zero-order chi connectivity index (χ0) is 13.2. The SMILES string of the molecule is C=Cc1cc(C(=O)O)cc(C(=O)O)c1C(=O)O. The molecule has 17 heavy (non-hydrogen) atoms. The summed E-state index contributed by atoms with van der Waals surface area (Å²) in [5.74, 6) is -4.30. The molecule has 0 aliphatic rings. The summed E-state index contributed by atoms with van der Waals surface area (Å²) in [5, 5.41) is 26.5. The maximum Gasteiger partial charge on any atom is 0.337 e. The van der Waals surface area contributed by atoms with Gasteiger partial charge in [0.05, 0.1) is 16.7 Å². The summed E-state index contributed by atoms with van der Waals surface area (Å²) >= 11 is 0. The van der Waals surface area contributed by atoms with E-state index < -0.39 is 29.0 Å². The summed E-state index contributed by atoms with van der Waals surface area (Å²) in [5.41, 5.74) is -1.40. The molecule has 0 heterocycles. The average molecular weight is 236 g/mol. The maximum absolute atomic E-state index is 10.9. The zero-order valence-corrected chi connectivity index (χ0v) is 8.51. The molecule has 88 valence electrons. The summed E-state index contributed by atoms with van der Waals surface area (Å²) in [6, 6.07) is 1.87. The first-order valence-corrected chi connectivity index (χ1v) is 4.38. The Kier molecular flexibility index (Phi) is 3.28. The largest absolute Gasteiger partial charge is 0.478 e. The van der Waals surface area contributed by atoms with Crippen LogP contribution in [0.25, 0.3) is 6.08 Å². The quantitative estimate of drug-likeness (QED) is 0.728. The molecule has 0 aromatic heterocycles. The highest BCUT2D eigenvalue weighted by Crippen LogP contribution is 2.19. The monoisotopic (exact) mass is 236 g/mol. The molecule has 0 bridgehead atoms. The van der Waals surface area contributed by atoms with Gasteiger partial charge in [-0.3, -0.25) is 0 Å². The van der Waals surface area contributed by atoms with Crippen molar-refractivity contribution in [3.05, 3.63) is 41.0 Å². The number of benzene rings is 1. The van der Waals surface area contributed by atoms with E-state index in [9.17, 15) is 14.4 Å². The van der Waals surface area contributed by atoms with Gasteiger partial charge < -0.3 is 15.3 Å². The summed E-state index contributed by atoms with van der Waals surface area (Å²) in [4.78, 5) is 32.6. The van der Waals surface area contributed by atoms with Crippen LogP contribution in [0.3, 0.4) is 0 Å². The predicted molar refractivity (Wildman–Crippen MR) is 57.4 cm³/mol. The third-order valence-electron chi connectivity index (χ3n) is 2.08. The molecule has 1 aromatic rings. The van der Waals surface area contributed by atoms with E-state index in [1.165, 1.54) is 0 Å². The van der Waals surface area contributed by atoms with Crippen LogP contribution in [0, 0.1) is 0 Å². The van der Waals surface area contributed by atoms with Gasteiger partial charge in [0, 0.05) is 0 Å². The molecular weight excluding hydrogens is 228 g/mol. The van der Waals surface area contributed by atoms with E-state index in [2.05, 4.69) is 6.58 Å². The number of carbonyl (C=O) groups is 3. The molecule has 3 N–H and O–H groups in total. The van der Waals surface area contributed by atoms with Crippen LogP contribution < -0.4 is 0 Å². The smallest absolute Gasteiger partial charge is 0.337 e. The Morgan fingerprint density at radius 1 is 1.00 bits per heavy atom. The molecule has 0 radical (unpaired) electrons. The first-order chi connectivity index (χ1) is 7.88. The van der Waals surface area contributed by atoms with Crippen molar-refractivity contribution in [3.8, 4) is 0 Å². The molecule has 1 aromatic carbocycles. The average Bonchev–Trinajstić information content (AvgIpc) is 2.26. The van der Waals surface area contributed by atoms with Gasteiger partial charge in [-0.1, -0.05) is 12.7 Å². The van der Waals surface area contributed by atoms with E-state index in [0.717, 1.165) is 18.2 Å². The lowest BCUT2D eigenvalue weighted by molar-refractivity contribution is 0.0649. The second-order valence-electron chi connectivity index (χ2n) is 3.11. The van der Waals surface area contributed by atoms with Crippen LogP contribution in [-0.4, -0.2) is 33.2 Å². The van der Waals surface area contributed by atoms with Crippen molar-refractivity contribution in [3.63, 3.8) is 0 Å². The fourth-order valence-corrected chi connectivity index (χ4v) is 1.36. The minimum absolute atomic E-state index is 0.0465. The Morgan fingerprint density at radius 2 is 1.59 bits per heavy atom. The van der Waals surface area contributed by atoms with Crippen LogP contribution in [0.15, 0.2) is 18.7 Å². The highest BCUT2D eigenvalue weighted by molar-refractivity contribution is 6.06. The third kappa shape index (κ3) is 2.31. The highest BCUT2D eigenvalue weighted by Gasteiger charge is 2.21. The Hall–Kier alpha value is -2.63. The van der Waals surface area contributed by atoms with Gasteiger partial charge in [0.1, 0.15) is 0 Å². The van der Waals surface area contributed by atoms with Crippen LogP contribution in [0.1, 0.15) is 36.6 Å². The van der Waals surface area contributed by atoms with Gasteiger partial charge in [-0.15, -0.1) is 0 Å². The first kappa shape index (κ1) is 12.4. The molecule has 0 spiro atoms. The molecule has 0 aliphatic carbocycles. The number of hydrogen-bond donors (Lipinski definition) is 3. The minimum atomic E-state index is -1.51. The van der Waals surface area contributed by atoms with E-state index in [1.54, 1.807) is 0 Å². The zero-order valence-electron chi connectivity index (χ0n) is 8.51. The predicted octanol–water partition coefficient (Wildman–Crippen LogP) is 1.42. The second-order valence-corrected chi connectivity index (χ2v) is 3.11. The minimum Gasteiger partial charge on any atom is -0.478 e.